The Morgan fingerprint density at radius 3 is 2.71 bits per heavy atom. The molecule has 1 unspecified atom stereocenters. The molecule has 0 spiro atoms. The largest absolute Gasteiger partial charge is 0.354 e. The molecule has 7 heteroatoms. The van der Waals surface area contributed by atoms with Crippen molar-refractivity contribution in [3.63, 3.8) is 0 Å². The molecule has 1 atom stereocenters. The molecule has 128 valence electrons. The zero-order valence-electron chi connectivity index (χ0n) is 14.0. The Kier molecular flexibility index (Phi) is 4.32. The quantitative estimate of drug-likeness (QED) is 0.840. The molecule has 0 radical (unpaired) electrons. The molecule has 2 fully saturated rings. The van der Waals surface area contributed by atoms with Crippen molar-refractivity contribution in [2.45, 2.75) is 38.5 Å². The van der Waals surface area contributed by atoms with E-state index in [1.165, 1.54) is 12.8 Å². The molecule has 7 nitrogen and oxygen atoms in total. The van der Waals surface area contributed by atoms with Crippen LogP contribution in [0, 0.1) is 5.92 Å². The van der Waals surface area contributed by atoms with Crippen LogP contribution >= 0.6 is 0 Å². The summed E-state index contributed by atoms with van der Waals surface area (Å²) in [6.45, 7) is 3.57. The van der Waals surface area contributed by atoms with Gasteiger partial charge in [0.2, 0.25) is 5.91 Å². The van der Waals surface area contributed by atoms with Gasteiger partial charge in [0.25, 0.3) is 0 Å². The number of hydrogen-bond acceptors (Lipinski definition) is 5. The molecule has 2 aliphatic heterocycles. The first kappa shape index (κ1) is 15.4. The molecule has 2 saturated heterocycles. The Balaban J connectivity index is 1.47. The highest BCUT2D eigenvalue weighted by Crippen LogP contribution is 2.24. The topological polar surface area (TPSA) is 66.6 Å². The van der Waals surface area contributed by atoms with Crippen molar-refractivity contribution in [1.82, 2.24) is 24.7 Å². The van der Waals surface area contributed by atoms with Gasteiger partial charge in [0.05, 0.1) is 5.92 Å². The number of fused-ring (bicyclic) bond motifs is 1. The van der Waals surface area contributed by atoms with Gasteiger partial charge in [-0.2, -0.15) is 4.52 Å². The summed E-state index contributed by atoms with van der Waals surface area (Å²) >= 11 is 0. The van der Waals surface area contributed by atoms with Crippen LogP contribution in [0.2, 0.25) is 0 Å². The average Bonchev–Trinajstić information content (AvgIpc) is 2.93. The van der Waals surface area contributed by atoms with E-state index >= 15 is 0 Å². The highest BCUT2D eigenvalue weighted by molar-refractivity contribution is 5.79. The van der Waals surface area contributed by atoms with Gasteiger partial charge in [-0.3, -0.25) is 4.79 Å². The van der Waals surface area contributed by atoms with Gasteiger partial charge in [-0.15, -0.1) is 15.3 Å². The van der Waals surface area contributed by atoms with Gasteiger partial charge in [0.1, 0.15) is 12.1 Å². The summed E-state index contributed by atoms with van der Waals surface area (Å²) < 4.78 is 1.69. The molecule has 4 heterocycles. The summed E-state index contributed by atoms with van der Waals surface area (Å²) in [7, 11) is 0. The fourth-order valence-electron chi connectivity index (χ4n) is 3.82. The first-order valence-corrected chi connectivity index (χ1v) is 9.02. The monoisotopic (exact) mass is 328 g/mol. The number of anilines is 1. The molecule has 4 rings (SSSR count). The maximum absolute atomic E-state index is 12.9. The number of nitrogens with zero attached hydrogens (tertiary/aromatic N) is 6. The Morgan fingerprint density at radius 2 is 1.88 bits per heavy atom. The van der Waals surface area contributed by atoms with E-state index < -0.39 is 0 Å². The molecule has 24 heavy (non-hydrogen) atoms. The summed E-state index contributed by atoms with van der Waals surface area (Å²) in [5, 5.41) is 12.4. The number of aromatic nitrogens is 4. The summed E-state index contributed by atoms with van der Waals surface area (Å²) in [5.41, 5.74) is 0.743. The summed E-state index contributed by atoms with van der Waals surface area (Å²) in [4.78, 5) is 17.2. The SMILES string of the molecule is O=C(C1CCCN(c2ccc3nncn3n2)C1)N1CCCCCC1. The van der Waals surface area contributed by atoms with Gasteiger partial charge in [0, 0.05) is 26.2 Å². The molecular weight excluding hydrogens is 304 g/mol. The van der Waals surface area contributed by atoms with Gasteiger partial charge in [-0.1, -0.05) is 12.8 Å². The summed E-state index contributed by atoms with van der Waals surface area (Å²) in [6.07, 6.45) is 8.43. The van der Waals surface area contributed by atoms with Crippen LogP contribution in [0.25, 0.3) is 5.65 Å². The predicted molar refractivity (Wildman–Crippen MR) is 90.8 cm³/mol. The van der Waals surface area contributed by atoms with E-state index in [0.717, 1.165) is 63.3 Å². The Morgan fingerprint density at radius 1 is 1.04 bits per heavy atom. The van der Waals surface area contributed by atoms with Crippen molar-refractivity contribution < 1.29 is 4.79 Å². The molecule has 0 N–H and O–H groups in total. The third-order valence-corrected chi connectivity index (χ3v) is 5.16. The third-order valence-electron chi connectivity index (χ3n) is 5.16. The lowest BCUT2D eigenvalue weighted by molar-refractivity contribution is -0.135. The second-order valence-electron chi connectivity index (χ2n) is 6.85. The van der Waals surface area contributed by atoms with E-state index in [2.05, 4.69) is 25.1 Å². The van der Waals surface area contributed by atoms with Gasteiger partial charge in [-0.05, 0) is 37.8 Å². The number of carbonyl (C=O) groups is 1. The minimum atomic E-state index is 0.0928. The number of piperidine rings is 1. The maximum atomic E-state index is 12.9. The van der Waals surface area contributed by atoms with Crippen LogP contribution in [0.5, 0.6) is 0 Å². The number of hydrogen-bond donors (Lipinski definition) is 0. The molecular formula is C17H24N6O. The van der Waals surface area contributed by atoms with Gasteiger partial charge in [0.15, 0.2) is 5.65 Å². The molecule has 2 aromatic heterocycles. The van der Waals surface area contributed by atoms with Crippen LogP contribution in [-0.4, -0.2) is 56.8 Å². The zero-order valence-corrected chi connectivity index (χ0v) is 14.0. The minimum absolute atomic E-state index is 0.0928. The summed E-state index contributed by atoms with van der Waals surface area (Å²) in [6, 6.07) is 3.90. The Hall–Kier alpha value is -2.18. The van der Waals surface area contributed by atoms with E-state index in [4.69, 9.17) is 0 Å². The first-order chi connectivity index (χ1) is 11.8. The highest BCUT2D eigenvalue weighted by Gasteiger charge is 2.30. The number of rotatable bonds is 2. The number of amides is 1. The van der Waals surface area contributed by atoms with Crippen molar-refractivity contribution in [3.8, 4) is 0 Å². The lowest BCUT2D eigenvalue weighted by Crippen LogP contribution is -2.45. The lowest BCUT2D eigenvalue weighted by Gasteiger charge is -2.35. The van der Waals surface area contributed by atoms with Crippen LogP contribution in [0.3, 0.4) is 0 Å². The number of likely N-dealkylation sites (tertiary alicyclic amines) is 1. The lowest BCUT2D eigenvalue weighted by atomic mass is 9.96. The second kappa shape index (κ2) is 6.75. The van der Waals surface area contributed by atoms with Crippen LogP contribution in [-0.2, 0) is 4.79 Å². The van der Waals surface area contributed by atoms with Gasteiger partial charge >= 0.3 is 0 Å². The molecule has 2 aliphatic rings. The fraction of sp³-hybridized carbons (Fsp3) is 0.647. The molecule has 0 bridgehead atoms. The number of carbonyl (C=O) groups excluding carboxylic acids is 1. The predicted octanol–water partition coefficient (Wildman–Crippen LogP) is 1.74. The van der Waals surface area contributed by atoms with Crippen LogP contribution in [0.4, 0.5) is 5.82 Å². The standard InChI is InChI=1S/C17H24N6O/c24-17(21-9-3-1-2-4-10-21)14-6-5-11-22(12-14)16-8-7-15-19-18-13-23(15)20-16/h7-8,13-14H,1-6,9-12H2. The van der Waals surface area contributed by atoms with Crippen molar-refractivity contribution in [2.24, 2.45) is 5.92 Å². The van der Waals surface area contributed by atoms with E-state index in [1.54, 1.807) is 10.8 Å². The van der Waals surface area contributed by atoms with Crippen molar-refractivity contribution in [3.05, 3.63) is 18.5 Å². The highest BCUT2D eigenvalue weighted by atomic mass is 16.2. The maximum Gasteiger partial charge on any atom is 0.227 e. The Bertz CT molecular complexity index is 706. The smallest absolute Gasteiger partial charge is 0.227 e. The Labute approximate surface area is 141 Å². The zero-order chi connectivity index (χ0) is 16.4. The third kappa shape index (κ3) is 3.07. The molecule has 0 aromatic carbocycles. The van der Waals surface area contributed by atoms with Crippen molar-refractivity contribution >= 4 is 17.4 Å². The normalized spacial score (nSPS) is 22.6. The van der Waals surface area contributed by atoms with Gasteiger partial charge in [-0.25, -0.2) is 0 Å². The first-order valence-electron chi connectivity index (χ1n) is 9.02. The van der Waals surface area contributed by atoms with Crippen molar-refractivity contribution in [2.75, 3.05) is 31.1 Å². The van der Waals surface area contributed by atoms with E-state index in [0.29, 0.717) is 5.91 Å². The van der Waals surface area contributed by atoms with Gasteiger partial charge < -0.3 is 9.80 Å². The molecule has 1 amide bonds. The summed E-state index contributed by atoms with van der Waals surface area (Å²) in [5.74, 6) is 1.33. The van der Waals surface area contributed by atoms with E-state index in [1.807, 2.05) is 12.1 Å². The average molecular weight is 328 g/mol. The van der Waals surface area contributed by atoms with Crippen LogP contribution in [0.15, 0.2) is 18.5 Å². The minimum Gasteiger partial charge on any atom is -0.354 e. The molecule has 0 saturated carbocycles. The molecule has 2 aromatic rings. The van der Waals surface area contributed by atoms with Crippen LogP contribution < -0.4 is 4.90 Å². The van der Waals surface area contributed by atoms with E-state index in [-0.39, 0.29) is 5.92 Å². The fourth-order valence-corrected chi connectivity index (χ4v) is 3.82. The van der Waals surface area contributed by atoms with Crippen molar-refractivity contribution in [1.29, 1.82) is 0 Å². The molecule has 0 aliphatic carbocycles. The van der Waals surface area contributed by atoms with E-state index in [9.17, 15) is 4.79 Å². The van der Waals surface area contributed by atoms with Crippen LogP contribution in [0.1, 0.15) is 38.5 Å². The second-order valence-corrected chi connectivity index (χ2v) is 6.85.